The summed E-state index contributed by atoms with van der Waals surface area (Å²) in [6.07, 6.45) is 4.32. The third kappa shape index (κ3) is 3.37. The van der Waals surface area contributed by atoms with E-state index in [0.717, 1.165) is 31.1 Å². The van der Waals surface area contributed by atoms with Crippen molar-refractivity contribution in [3.63, 3.8) is 0 Å². The molecule has 2 aromatic rings. The molecule has 2 fully saturated rings. The predicted molar refractivity (Wildman–Crippen MR) is 113 cm³/mol. The van der Waals surface area contributed by atoms with Crippen LogP contribution in [0.15, 0.2) is 29.2 Å². The molecule has 5 rings (SSSR count). The lowest BCUT2D eigenvalue weighted by atomic mass is 10.0. The number of nitrogens with zero attached hydrogens (tertiary/aromatic N) is 2. The highest BCUT2D eigenvalue weighted by Crippen LogP contribution is 2.44. The molecule has 1 aliphatic carbocycles. The van der Waals surface area contributed by atoms with E-state index in [-0.39, 0.29) is 40.7 Å². The Morgan fingerprint density at radius 1 is 1.25 bits per heavy atom. The number of pyridine rings is 1. The van der Waals surface area contributed by atoms with Crippen LogP contribution in [0, 0.1) is 17.6 Å². The summed E-state index contributed by atoms with van der Waals surface area (Å²) in [5.74, 6) is -2.13. The number of rotatable bonds is 3. The first kappa shape index (κ1) is 21.0. The Labute approximate surface area is 186 Å². The van der Waals surface area contributed by atoms with Crippen LogP contribution in [0.25, 0.3) is 0 Å². The van der Waals surface area contributed by atoms with Crippen molar-refractivity contribution in [1.29, 1.82) is 0 Å². The maximum atomic E-state index is 13.8. The minimum absolute atomic E-state index is 0.0533. The number of aromatic hydroxyl groups is 1. The average molecular weight is 461 g/mol. The molecule has 1 aromatic heterocycles. The lowest BCUT2D eigenvalue weighted by Gasteiger charge is -2.46. The maximum absolute atomic E-state index is 13.8. The zero-order valence-corrected chi connectivity index (χ0v) is 17.8. The predicted octanol–water partition coefficient (Wildman–Crippen LogP) is 2.46. The van der Waals surface area contributed by atoms with Gasteiger partial charge in [-0.15, -0.1) is 11.8 Å². The van der Waals surface area contributed by atoms with Crippen molar-refractivity contribution < 1.29 is 23.5 Å². The van der Waals surface area contributed by atoms with Gasteiger partial charge in [0.1, 0.15) is 17.2 Å². The average Bonchev–Trinajstić information content (AvgIpc) is 3.24. The van der Waals surface area contributed by atoms with E-state index in [2.05, 4.69) is 5.32 Å². The number of thioether (sulfide) groups is 1. The number of fused-ring (bicyclic) bond motifs is 4. The number of halogens is 2. The fourth-order valence-corrected chi connectivity index (χ4v) is 6.47. The van der Waals surface area contributed by atoms with Crippen molar-refractivity contribution in [2.45, 2.75) is 43.8 Å². The Morgan fingerprint density at radius 3 is 2.84 bits per heavy atom. The summed E-state index contributed by atoms with van der Waals surface area (Å²) in [7, 11) is 0. The first-order chi connectivity index (χ1) is 15.3. The molecule has 0 spiro atoms. The van der Waals surface area contributed by atoms with Gasteiger partial charge in [-0.05, 0) is 24.8 Å². The van der Waals surface area contributed by atoms with Crippen LogP contribution in [0.2, 0.25) is 0 Å². The third-order valence-electron chi connectivity index (χ3n) is 6.53. The van der Waals surface area contributed by atoms with Gasteiger partial charge in [0.25, 0.3) is 11.8 Å². The second kappa shape index (κ2) is 7.91. The second-order valence-corrected chi connectivity index (χ2v) is 9.61. The molecule has 2 amide bonds. The molecule has 3 atom stereocenters. The summed E-state index contributed by atoms with van der Waals surface area (Å²) in [4.78, 5) is 40.4. The topological polar surface area (TPSA) is 91.6 Å². The smallest absolute Gasteiger partial charge is 0.275 e. The minimum Gasteiger partial charge on any atom is -0.503 e. The van der Waals surface area contributed by atoms with Gasteiger partial charge < -0.3 is 19.9 Å². The van der Waals surface area contributed by atoms with Gasteiger partial charge in [-0.1, -0.05) is 12.5 Å². The molecule has 3 aliphatic rings. The molecule has 0 bridgehead atoms. The largest absolute Gasteiger partial charge is 0.503 e. The monoisotopic (exact) mass is 461 g/mol. The van der Waals surface area contributed by atoms with E-state index >= 15 is 0 Å². The van der Waals surface area contributed by atoms with E-state index in [1.54, 1.807) is 16.7 Å². The maximum Gasteiger partial charge on any atom is 0.275 e. The summed E-state index contributed by atoms with van der Waals surface area (Å²) in [5, 5.41) is 12.9. The summed E-state index contributed by atoms with van der Waals surface area (Å²) in [5.41, 5.74) is -1.33. The number of nitrogens with one attached hydrogen (secondary N) is 1. The number of carbonyl (C=O) groups excluding carboxylic acids is 2. The Hall–Kier alpha value is -2.88. The lowest BCUT2D eigenvalue weighted by Crippen LogP contribution is -2.56. The number of aromatic nitrogens is 1. The normalized spacial score (nSPS) is 24.0. The van der Waals surface area contributed by atoms with Gasteiger partial charge in [0.05, 0.1) is 11.9 Å². The van der Waals surface area contributed by atoms with Crippen molar-refractivity contribution in [3.05, 3.63) is 63.1 Å². The number of carbonyl (C=O) groups is 2. The van der Waals surface area contributed by atoms with E-state index in [9.17, 15) is 28.3 Å². The van der Waals surface area contributed by atoms with Crippen molar-refractivity contribution in [1.82, 2.24) is 14.8 Å². The summed E-state index contributed by atoms with van der Waals surface area (Å²) < 4.78 is 28.4. The zero-order chi connectivity index (χ0) is 22.6. The molecule has 1 unspecified atom stereocenters. The standard InChI is InChI=1S/C22H21F2N3O4S/c23-13-5-4-11(15(24)6-13)7-25-21(30)14-8-26-9-17-27(16-3-1-2-12(16)10-32-17)22(31)18(26)20(29)19(14)28/h4-6,8,12,16-17,29H,1-3,7,9-10H2,(H,25,30)/t12-,16-,17?/m1/s1. The van der Waals surface area contributed by atoms with Gasteiger partial charge in [0.2, 0.25) is 5.43 Å². The fourth-order valence-electron chi connectivity index (χ4n) is 4.93. The Balaban J connectivity index is 1.43. The molecular formula is C22H21F2N3O4S. The van der Waals surface area contributed by atoms with Crippen LogP contribution in [-0.2, 0) is 13.1 Å². The number of hydrogen-bond acceptors (Lipinski definition) is 5. The van der Waals surface area contributed by atoms with Gasteiger partial charge in [0.15, 0.2) is 11.4 Å². The first-order valence-corrected chi connectivity index (χ1v) is 11.5. The van der Waals surface area contributed by atoms with Gasteiger partial charge in [-0.3, -0.25) is 14.4 Å². The third-order valence-corrected chi connectivity index (χ3v) is 7.92. The van der Waals surface area contributed by atoms with Crippen LogP contribution in [0.4, 0.5) is 8.78 Å². The Bertz CT molecular complexity index is 1180. The molecule has 1 saturated heterocycles. The van der Waals surface area contributed by atoms with Crippen molar-refractivity contribution >= 4 is 23.6 Å². The van der Waals surface area contributed by atoms with E-state index in [1.165, 1.54) is 16.8 Å². The van der Waals surface area contributed by atoms with Gasteiger partial charge in [-0.2, -0.15) is 0 Å². The first-order valence-electron chi connectivity index (χ1n) is 10.5. The van der Waals surface area contributed by atoms with Crippen LogP contribution in [-0.4, -0.2) is 43.6 Å². The Kier molecular flexibility index (Phi) is 5.19. The molecule has 0 radical (unpaired) electrons. The molecule has 32 heavy (non-hydrogen) atoms. The van der Waals surface area contributed by atoms with Crippen LogP contribution >= 0.6 is 11.8 Å². The zero-order valence-electron chi connectivity index (χ0n) is 17.0. The van der Waals surface area contributed by atoms with Crippen molar-refractivity contribution in [2.75, 3.05) is 5.75 Å². The molecule has 10 heteroatoms. The van der Waals surface area contributed by atoms with Gasteiger partial charge in [0, 0.05) is 36.2 Å². The molecule has 1 saturated carbocycles. The minimum atomic E-state index is -0.951. The van der Waals surface area contributed by atoms with E-state index in [1.807, 2.05) is 0 Å². The summed E-state index contributed by atoms with van der Waals surface area (Å²) in [6.45, 7) is 0.0941. The Morgan fingerprint density at radius 2 is 2.06 bits per heavy atom. The van der Waals surface area contributed by atoms with E-state index in [0.29, 0.717) is 18.5 Å². The molecule has 7 nitrogen and oxygen atoms in total. The quantitative estimate of drug-likeness (QED) is 0.733. The molecule has 2 N–H and O–H groups in total. The van der Waals surface area contributed by atoms with Crippen LogP contribution in [0.1, 0.15) is 45.7 Å². The highest BCUT2D eigenvalue weighted by molar-refractivity contribution is 7.99. The van der Waals surface area contributed by atoms with Crippen molar-refractivity contribution in [3.8, 4) is 5.75 Å². The molecule has 3 heterocycles. The van der Waals surface area contributed by atoms with Crippen LogP contribution < -0.4 is 10.7 Å². The molecule has 2 aliphatic heterocycles. The number of hydrogen-bond donors (Lipinski definition) is 2. The van der Waals surface area contributed by atoms with E-state index in [4.69, 9.17) is 0 Å². The van der Waals surface area contributed by atoms with Gasteiger partial charge >= 0.3 is 0 Å². The number of benzene rings is 1. The molecular weight excluding hydrogens is 440 g/mol. The summed E-state index contributed by atoms with van der Waals surface area (Å²) in [6, 6.07) is 3.09. The van der Waals surface area contributed by atoms with Crippen molar-refractivity contribution in [2.24, 2.45) is 5.92 Å². The SMILES string of the molecule is O=C(NCc1ccc(F)cc1F)c1cn2c(c(O)c1=O)C(=O)N1C(C2)SC[C@H]2CCC[C@H]21. The lowest BCUT2D eigenvalue weighted by molar-refractivity contribution is 0.0513. The summed E-state index contributed by atoms with van der Waals surface area (Å²) >= 11 is 1.68. The van der Waals surface area contributed by atoms with E-state index < -0.39 is 28.7 Å². The molecule has 168 valence electrons. The molecule has 1 aromatic carbocycles. The second-order valence-electron chi connectivity index (χ2n) is 8.40. The highest BCUT2D eigenvalue weighted by Gasteiger charge is 2.47. The number of amides is 2. The highest BCUT2D eigenvalue weighted by atomic mass is 32.2. The fraction of sp³-hybridized carbons (Fsp3) is 0.409. The van der Waals surface area contributed by atoms with Crippen LogP contribution in [0.3, 0.4) is 0 Å². The van der Waals surface area contributed by atoms with Gasteiger partial charge in [-0.25, -0.2) is 8.78 Å². The van der Waals surface area contributed by atoms with Crippen LogP contribution in [0.5, 0.6) is 5.75 Å².